The Hall–Kier alpha value is -2.32. The van der Waals surface area contributed by atoms with Gasteiger partial charge >= 0.3 is 0 Å². The third kappa shape index (κ3) is 2.34. The van der Waals surface area contributed by atoms with Gasteiger partial charge in [0.25, 0.3) is 0 Å². The molecule has 6 aromatic rings. The lowest BCUT2D eigenvalue weighted by atomic mass is 9.66. The first-order valence-corrected chi connectivity index (χ1v) is 13.6. The molecule has 1 aliphatic carbocycles. The van der Waals surface area contributed by atoms with E-state index in [1.54, 1.807) is 45.3 Å². The normalized spacial score (nSPS) is 22.3. The Kier molecular flexibility index (Phi) is 3.96. The summed E-state index contributed by atoms with van der Waals surface area (Å²) in [6.07, 6.45) is 0. The summed E-state index contributed by atoms with van der Waals surface area (Å²) in [6, 6.07) is 24.0. The summed E-state index contributed by atoms with van der Waals surface area (Å²) in [5.41, 5.74) is 0.326. The third-order valence-electron chi connectivity index (χ3n) is 6.41. The van der Waals surface area contributed by atoms with E-state index in [9.17, 15) is 10.2 Å². The van der Waals surface area contributed by atoms with Crippen LogP contribution in [0.1, 0.15) is 32.0 Å². The zero-order valence-electron chi connectivity index (χ0n) is 16.6. The van der Waals surface area contributed by atoms with Crippen LogP contribution in [0.2, 0.25) is 0 Å². The molecule has 0 radical (unpaired) electrons. The van der Waals surface area contributed by atoms with E-state index in [0.717, 1.165) is 32.0 Å². The Morgan fingerprint density at radius 2 is 0.875 bits per heavy atom. The second-order valence-electron chi connectivity index (χ2n) is 8.03. The Balaban J connectivity index is 1.58. The number of thiophene rings is 4. The van der Waals surface area contributed by atoms with Crippen molar-refractivity contribution in [2.45, 2.75) is 11.2 Å². The van der Waals surface area contributed by atoms with E-state index >= 15 is 0 Å². The van der Waals surface area contributed by atoms with Gasteiger partial charge in [0.15, 0.2) is 11.2 Å². The summed E-state index contributed by atoms with van der Waals surface area (Å²) in [5.74, 6) is 0. The van der Waals surface area contributed by atoms with E-state index in [2.05, 4.69) is 35.0 Å². The Labute approximate surface area is 200 Å². The minimum atomic E-state index is -1.32. The lowest BCUT2D eigenvalue weighted by Gasteiger charge is -2.44. The molecule has 0 unspecified atom stereocenters. The average molecular weight is 489 g/mol. The van der Waals surface area contributed by atoms with Gasteiger partial charge in [-0.2, -0.15) is 0 Å². The standard InChI is InChI=1S/C26H16O2S4/c27-25(23-13-21-19(31-23)9-11-29-21)15-5-1-2-6-16(15)26(28,18-8-4-3-7-17(18)25)24-14-22-20(32-24)10-12-30-22/h1-14,27-28H. The van der Waals surface area contributed by atoms with Gasteiger partial charge in [-0.25, -0.2) is 0 Å². The van der Waals surface area contributed by atoms with Gasteiger partial charge in [-0.05, 0) is 35.0 Å². The van der Waals surface area contributed by atoms with Crippen LogP contribution in [-0.4, -0.2) is 10.2 Å². The average Bonchev–Trinajstić information content (AvgIpc) is 3.58. The molecule has 0 saturated carbocycles. The summed E-state index contributed by atoms with van der Waals surface area (Å²) in [5, 5.41) is 29.1. The monoisotopic (exact) mass is 488 g/mol. The molecule has 2 nitrogen and oxygen atoms in total. The lowest BCUT2D eigenvalue weighted by Crippen LogP contribution is -2.43. The highest BCUT2D eigenvalue weighted by Gasteiger charge is 2.52. The number of fused-ring (bicyclic) bond motifs is 4. The first-order valence-electron chi connectivity index (χ1n) is 10.2. The van der Waals surface area contributed by atoms with Gasteiger partial charge in [-0.3, -0.25) is 0 Å². The zero-order valence-corrected chi connectivity index (χ0v) is 19.9. The molecule has 4 heterocycles. The molecule has 0 bridgehead atoms. The summed E-state index contributed by atoms with van der Waals surface area (Å²) >= 11 is 6.61. The maximum absolute atomic E-state index is 12.5. The van der Waals surface area contributed by atoms with Crippen molar-refractivity contribution in [2.75, 3.05) is 0 Å². The predicted molar refractivity (Wildman–Crippen MR) is 136 cm³/mol. The van der Waals surface area contributed by atoms with Crippen LogP contribution in [0.3, 0.4) is 0 Å². The topological polar surface area (TPSA) is 40.5 Å². The fourth-order valence-electron chi connectivity index (χ4n) is 4.94. The molecule has 2 N–H and O–H groups in total. The van der Waals surface area contributed by atoms with E-state index in [1.165, 1.54) is 18.8 Å². The molecular formula is C26H16O2S4. The van der Waals surface area contributed by atoms with E-state index in [0.29, 0.717) is 0 Å². The number of hydrogen-bond donors (Lipinski definition) is 2. The van der Waals surface area contributed by atoms with Crippen molar-refractivity contribution < 1.29 is 10.2 Å². The van der Waals surface area contributed by atoms with Crippen LogP contribution >= 0.6 is 45.3 Å². The van der Waals surface area contributed by atoms with Crippen LogP contribution in [0.25, 0.3) is 18.8 Å². The SMILES string of the molecule is OC1(c2cc3sccc3s2)c2ccccc2C(O)(c2cc3sccc3s2)c2ccccc21. The van der Waals surface area contributed by atoms with Gasteiger partial charge in [0.2, 0.25) is 0 Å². The summed E-state index contributed by atoms with van der Waals surface area (Å²) in [6.45, 7) is 0. The van der Waals surface area contributed by atoms with E-state index < -0.39 is 11.2 Å². The molecule has 2 aromatic carbocycles. The van der Waals surface area contributed by atoms with Crippen molar-refractivity contribution in [2.24, 2.45) is 0 Å². The zero-order chi connectivity index (χ0) is 21.5. The maximum Gasteiger partial charge on any atom is 0.150 e. The van der Waals surface area contributed by atoms with Crippen molar-refractivity contribution in [3.8, 4) is 0 Å². The molecule has 4 aromatic heterocycles. The predicted octanol–water partition coefficient (Wildman–Crippen LogP) is 7.12. The van der Waals surface area contributed by atoms with Crippen molar-refractivity contribution in [1.29, 1.82) is 0 Å². The fourth-order valence-corrected chi connectivity index (χ4v) is 9.39. The lowest BCUT2D eigenvalue weighted by molar-refractivity contribution is 0.0788. The highest BCUT2D eigenvalue weighted by atomic mass is 32.1. The third-order valence-corrected chi connectivity index (χ3v) is 10.8. The molecule has 0 saturated heterocycles. The number of aliphatic hydroxyl groups is 2. The number of benzene rings is 2. The minimum absolute atomic E-state index is 0.742. The Morgan fingerprint density at radius 3 is 1.22 bits per heavy atom. The first-order chi connectivity index (χ1) is 15.6. The molecular weight excluding hydrogens is 473 g/mol. The van der Waals surface area contributed by atoms with Crippen molar-refractivity contribution >= 4 is 64.1 Å². The minimum Gasteiger partial charge on any atom is -0.375 e. The van der Waals surface area contributed by atoms with Crippen molar-refractivity contribution in [3.05, 3.63) is 116 Å². The summed E-state index contributed by atoms with van der Waals surface area (Å²) < 4.78 is 4.70. The largest absolute Gasteiger partial charge is 0.375 e. The molecule has 32 heavy (non-hydrogen) atoms. The van der Waals surface area contributed by atoms with Gasteiger partial charge in [-0.15, -0.1) is 45.3 Å². The van der Waals surface area contributed by atoms with Gasteiger partial charge < -0.3 is 10.2 Å². The number of rotatable bonds is 2. The number of hydrogen-bond acceptors (Lipinski definition) is 6. The van der Waals surface area contributed by atoms with Crippen LogP contribution in [0, 0.1) is 0 Å². The Morgan fingerprint density at radius 1 is 0.500 bits per heavy atom. The second kappa shape index (κ2) is 6.60. The van der Waals surface area contributed by atoms with Crippen LogP contribution < -0.4 is 0 Å². The van der Waals surface area contributed by atoms with E-state index in [1.807, 2.05) is 48.5 Å². The maximum atomic E-state index is 12.5. The van der Waals surface area contributed by atoms with Gasteiger partial charge in [0, 0.05) is 50.8 Å². The molecule has 0 fully saturated rings. The van der Waals surface area contributed by atoms with Gasteiger partial charge in [0.1, 0.15) is 0 Å². The van der Waals surface area contributed by atoms with Crippen molar-refractivity contribution in [1.82, 2.24) is 0 Å². The Bertz CT molecular complexity index is 1400. The fraction of sp³-hybridized carbons (Fsp3) is 0.0769. The molecule has 0 atom stereocenters. The molecule has 0 amide bonds. The van der Waals surface area contributed by atoms with E-state index in [4.69, 9.17) is 0 Å². The summed E-state index contributed by atoms with van der Waals surface area (Å²) in [4.78, 5) is 1.77. The smallest absolute Gasteiger partial charge is 0.150 e. The van der Waals surface area contributed by atoms with E-state index in [-0.39, 0.29) is 0 Å². The summed E-state index contributed by atoms with van der Waals surface area (Å²) in [7, 11) is 0. The molecule has 0 aliphatic heterocycles. The second-order valence-corrected chi connectivity index (χ2v) is 12.1. The molecule has 0 spiro atoms. The van der Waals surface area contributed by atoms with Gasteiger partial charge in [-0.1, -0.05) is 48.5 Å². The first kappa shape index (κ1) is 19.2. The van der Waals surface area contributed by atoms with Crippen LogP contribution in [0.15, 0.2) is 83.6 Å². The quantitative estimate of drug-likeness (QED) is 0.272. The van der Waals surface area contributed by atoms with Crippen molar-refractivity contribution in [3.63, 3.8) is 0 Å². The van der Waals surface area contributed by atoms with Crippen LogP contribution in [-0.2, 0) is 11.2 Å². The highest BCUT2D eigenvalue weighted by molar-refractivity contribution is 7.27. The molecule has 6 heteroatoms. The van der Waals surface area contributed by atoms with Crippen LogP contribution in [0.4, 0.5) is 0 Å². The molecule has 156 valence electrons. The highest BCUT2D eigenvalue weighted by Crippen LogP contribution is 2.56. The van der Waals surface area contributed by atoms with Crippen LogP contribution in [0.5, 0.6) is 0 Å². The molecule has 7 rings (SSSR count). The van der Waals surface area contributed by atoms with Gasteiger partial charge in [0.05, 0.1) is 0 Å². The molecule has 1 aliphatic rings.